The molecule has 0 saturated heterocycles. The molecule has 166 valence electrons. The first-order chi connectivity index (χ1) is 16.1. The Morgan fingerprint density at radius 1 is 1.09 bits per heavy atom. The fourth-order valence-corrected chi connectivity index (χ4v) is 3.94. The summed E-state index contributed by atoms with van der Waals surface area (Å²) >= 11 is 0. The number of aromatic amines is 1. The number of imidazole rings is 1. The van der Waals surface area contributed by atoms with Gasteiger partial charge in [-0.05, 0) is 42.3 Å². The molecule has 8 heteroatoms. The van der Waals surface area contributed by atoms with Crippen LogP contribution < -0.4 is 10.5 Å². The number of H-pyrrole nitrogens is 1. The van der Waals surface area contributed by atoms with Gasteiger partial charge in [0.1, 0.15) is 11.4 Å². The zero-order valence-electron chi connectivity index (χ0n) is 18.4. The van der Waals surface area contributed by atoms with Crippen molar-refractivity contribution in [3.05, 3.63) is 66.4 Å². The van der Waals surface area contributed by atoms with Crippen molar-refractivity contribution in [2.45, 2.75) is 13.5 Å². The lowest BCUT2D eigenvalue weighted by Gasteiger charge is -2.09. The maximum absolute atomic E-state index is 11.0. The van der Waals surface area contributed by atoms with Crippen LogP contribution in [-0.4, -0.2) is 36.4 Å². The number of hydrogen-bond acceptors (Lipinski definition) is 6. The first-order valence-electron chi connectivity index (χ1n) is 10.7. The van der Waals surface area contributed by atoms with E-state index in [2.05, 4.69) is 20.1 Å². The Labute approximate surface area is 190 Å². The predicted molar refractivity (Wildman–Crippen MR) is 128 cm³/mol. The Bertz CT molecular complexity index is 1440. The van der Waals surface area contributed by atoms with Gasteiger partial charge in [0.05, 0.1) is 17.6 Å². The van der Waals surface area contributed by atoms with Crippen LogP contribution in [0.4, 0.5) is 0 Å². The minimum atomic E-state index is 0.0692. The molecule has 0 aliphatic carbocycles. The maximum atomic E-state index is 11.0. The maximum Gasteiger partial charge on any atom is 0.221 e. The number of rotatable bonds is 6. The van der Waals surface area contributed by atoms with E-state index in [9.17, 15) is 5.11 Å². The van der Waals surface area contributed by atoms with E-state index in [1.54, 1.807) is 17.9 Å². The number of hydrogen-bond donors (Lipinski definition) is 3. The molecule has 0 radical (unpaired) electrons. The Hall–Kier alpha value is -4.17. The molecule has 0 aliphatic rings. The van der Waals surface area contributed by atoms with E-state index in [-0.39, 0.29) is 5.75 Å². The second-order valence-electron chi connectivity index (χ2n) is 7.68. The highest BCUT2D eigenvalue weighted by Gasteiger charge is 2.21. The van der Waals surface area contributed by atoms with Crippen molar-refractivity contribution in [3.63, 3.8) is 0 Å². The smallest absolute Gasteiger partial charge is 0.221 e. The third kappa shape index (κ3) is 3.70. The Balaban J connectivity index is 1.51. The first-order valence-corrected chi connectivity index (χ1v) is 10.7. The lowest BCUT2D eigenvalue weighted by atomic mass is 10.0. The van der Waals surface area contributed by atoms with E-state index in [0.29, 0.717) is 36.2 Å². The van der Waals surface area contributed by atoms with Gasteiger partial charge in [0, 0.05) is 30.9 Å². The molecule has 0 aliphatic heterocycles. The van der Waals surface area contributed by atoms with E-state index in [4.69, 9.17) is 10.5 Å². The van der Waals surface area contributed by atoms with Gasteiger partial charge in [0.15, 0.2) is 11.6 Å². The third-order valence-corrected chi connectivity index (χ3v) is 5.55. The second kappa shape index (κ2) is 8.40. The molecule has 3 heterocycles. The number of aromatic hydroxyl groups is 1. The van der Waals surface area contributed by atoms with Crippen molar-refractivity contribution < 1.29 is 9.84 Å². The normalized spacial score (nSPS) is 11.2. The van der Waals surface area contributed by atoms with Crippen LogP contribution in [0, 0.1) is 0 Å². The summed E-state index contributed by atoms with van der Waals surface area (Å²) in [5.41, 5.74) is 12.1. The first kappa shape index (κ1) is 20.7. The average molecular weight is 441 g/mol. The highest BCUT2D eigenvalue weighted by atomic mass is 16.5. The van der Waals surface area contributed by atoms with E-state index in [1.807, 2.05) is 61.5 Å². The summed E-state index contributed by atoms with van der Waals surface area (Å²) in [6.07, 6.45) is 1.71. The van der Waals surface area contributed by atoms with Crippen molar-refractivity contribution in [1.82, 2.24) is 24.7 Å². The standard InChI is InChI=1S/C25H24N6O2/c1-3-33-25-18(5-4-12-27-25)16-7-9-17(10-8-16)21-23(32)22(31(2)30-21)24-28-19-11-6-15(14-26)13-20(19)29-24/h4-13,32H,3,14,26H2,1-2H3,(H,28,29). The molecule has 33 heavy (non-hydrogen) atoms. The molecular formula is C25H24N6O2. The van der Waals surface area contributed by atoms with Gasteiger partial charge < -0.3 is 20.6 Å². The van der Waals surface area contributed by atoms with Crippen LogP contribution in [0.15, 0.2) is 60.8 Å². The SMILES string of the molecule is CCOc1ncccc1-c1ccc(-c2nn(C)c(-c3nc4ccc(CN)cc4[nH]3)c2O)cc1. The molecule has 0 unspecified atom stereocenters. The quantitative estimate of drug-likeness (QED) is 0.364. The minimum absolute atomic E-state index is 0.0692. The predicted octanol–water partition coefficient (Wildman–Crippen LogP) is 4.26. The van der Waals surface area contributed by atoms with Crippen molar-refractivity contribution in [2.75, 3.05) is 6.61 Å². The summed E-state index contributed by atoms with van der Waals surface area (Å²) in [5.74, 6) is 1.21. The average Bonchev–Trinajstić information content (AvgIpc) is 3.38. The molecule has 0 atom stereocenters. The summed E-state index contributed by atoms with van der Waals surface area (Å²) in [5, 5.41) is 15.6. The van der Waals surface area contributed by atoms with E-state index in [1.165, 1.54) is 0 Å². The van der Waals surface area contributed by atoms with Crippen LogP contribution in [0.2, 0.25) is 0 Å². The highest BCUT2D eigenvalue weighted by molar-refractivity contribution is 5.83. The monoisotopic (exact) mass is 440 g/mol. The molecule has 5 aromatic rings. The number of nitrogens with two attached hydrogens (primary N) is 1. The van der Waals surface area contributed by atoms with E-state index in [0.717, 1.165) is 33.3 Å². The molecule has 8 nitrogen and oxygen atoms in total. The van der Waals surface area contributed by atoms with Gasteiger partial charge in [-0.1, -0.05) is 30.3 Å². The fraction of sp³-hybridized carbons (Fsp3) is 0.160. The lowest BCUT2D eigenvalue weighted by molar-refractivity contribution is 0.328. The Morgan fingerprint density at radius 3 is 2.64 bits per heavy atom. The molecule has 4 N–H and O–H groups in total. The lowest BCUT2D eigenvalue weighted by Crippen LogP contribution is -1.96. The van der Waals surface area contributed by atoms with Gasteiger partial charge in [-0.3, -0.25) is 4.68 Å². The summed E-state index contributed by atoms with van der Waals surface area (Å²) in [4.78, 5) is 12.2. The molecular weight excluding hydrogens is 416 g/mol. The summed E-state index contributed by atoms with van der Waals surface area (Å²) in [6.45, 7) is 2.93. The zero-order valence-corrected chi connectivity index (χ0v) is 18.4. The van der Waals surface area contributed by atoms with Crippen molar-refractivity contribution in [2.24, 2.45) is 12.8 Å². The summed E-state index contributed by atoms with van der Waals surface area (Å²) < 4.78 is 7.28. The van der Waals surface area contributed by atoms with Crippen LogP contribution in [0.3, 0.4) is 0 Å². The number of nitrogens with zero attached hydrogens (tertiary/aromatic N) is 4. The zero-order chi connectivity index (χ0) is 22.9. The van der Waals surface area contributed by atoms with Crippen molar-refractivity contribution >= 4 is 11.0 Å². The van der Waals surface area contributed by atoms with Crippen LogP contribution >= 0.6 is 0 Å². The Morgan fingerprint density at radius 2 is 1.88 bits per heavy atom. The number of fused-ring (bicyclic) bond motifs is 1. The van der Waals surface area contributed by atoms with E-state index < -0.39 is 0 Å². The largest absolute Gasteiger partial charge is 0.504 e. The van der Waals surface area contributed by atoms with Crippen LogP contribution in [0.1, 0.15) is 12.5 Å². The molecule has 0 saturated carbocycles. The molecule has 0 bridgehead atoms. The number of nitrogens with one attached hydrogen (secondary N) is 1. The molecule has 5 rings (SSSR count). The Kier molecular flexibility index (Phi) is 5.27. The number of pyridine rings is 1. The third-order valence-electron chi connectivity index (χ3n) is 5.55. The molecule has 3 aromatic heterocycles. The number of aromatic nitrogens is 5. The molecule has 2 aromatic carbocycles. The topological polar surface area (TPSA) is 115 Å². The number of ether oxygens (including phenoxy) is 1. The van der Waals surface area contributed by atoms with Crippen molar-refractivity contribution in [1.29, 1.82) is 0 Å². The van der Waals surface area contributed by atoms with Gasteiger partial charge in [-0.25, -0.2) is 9.97 Å². The second-order valence-corrected chi connectivity index (χ2v) is 7.68. The minimum Gasteiger partial charge on any atom is -0.504 e. The molecule has 0 fully saturated rings. The fourth-order valence-electron chi connectivity index (χ4n) is 3.94. The van der Waals surface area contributed by atoms with Crippen LogP contribution in [0.5, 0.6) is 11.6 Å². The summed E-state index contributed by atoms with van der Waals surface area (Å²) in [6, 6.07) is 17.5. The van der Waals surface area contributed by atoms with Gasteiger partial charge in [-0.2, -0.15) is 5.10 Å². The van der Waals surface area contributed by atoms with Gasteiger partial charge >= 0.3 is 0 Å². The number of aryl methyl sites for hydroxylation is 1. The van der Waals surface area contributed by atoms with Gasteiger partial charge in [0.2, 0.25) is 5.88 Å². The highest BCUT2D eigenvalue weighted by Crippen LogP contribution is 2.38. The molecule has 0 amide bonds. The summed E-state index contributed by atoms with van der Waals surface area (Å²) in [7, 11) is 1.79. The van der Waals surface area contributed by atoms with Gasteiger partial charge in [-0.15, -0.1) is 0 Å². The van der Waals surface area contributed by atoms with E-state index >= 15 is 0 Å². The van der Waals surface area contributed by atoms with Crippen LogP contribution in [0.25, 0.3) is 44.9 Å². The van der Waals surface area contributed by atoms with Gasteiger partial charge in [0.25, 0.3) is 0 Å². The molecule has 0 spiro atoms. The van der Waals surface area contributed by atoms with Crippen molar-refractivity contribution in [3.8, 4) is 45.5 Å². The number of benzene rings is 2. The van der Waals surface area contributed by atoms with Crippen LogP contribution in [-0.2, 0) is 13.6 Å².